The maximum atomic E-state index is 12.0. The Morgan fingerprint density at radius 1 is 1.23 bits per heavy atom. The Bertz CT molecular complexity index is 635. The zero-order valence-corrected chi connectivity index (χ0v) is 13.3. The molecule has 1 N–H and O–H groups in total. The van der Waals surface area contributed by atoms with Crippen molar-refractivity contribution in [2.24, 2.45) is 0 Å². The summed E-state index contributed by atoms with van der Waals surface area (Å²) in [7, 11) is 1.58. The molecule has 1 aromatic carbocycles. The fourth-order valence-electron chi connectivity index (χ4n) is 2.44. The summed E-state index contributed by atoms with van der Waals surface area (Å²) in [6, 6.07) is 11.5. The fraction of sp³-hybridized carbons (Fsp3) is 0.353. The van der Waals surface area contributed by atoms with Gasteiger partial charge in [-0.1, -0.05) is 18.2 Å². The van der Waals surface area contributed by atoms with E-state index in [-0.39, 0.29) is 17.9 Å². The summed E-state index contributed by atoms with van der Waals surface area (Å²) < 4.78 is 10.7. The van der Waals surface area contributed by atoms with Gasteiger partial charge in [-0.3, -0.25) is 4.79 Å². The number of carbonyl (C=O) groups excluding carboxylic acids is 1. The highest BCUT2D eigenvalue weighted by atomic mass is 32.1. The first-order chi connectivity index (χ1) is 10.7. The Balaban J connectivity index is 1.49. The van der Waals surface area contributed by atoms with Gasteiger partial charge < -0.3 is 14.8 Å². The summed E-state index contributed by atoms with van der Waals surface area (Å²) in [5, 5.41) is 5.07. The third-order valence-corrected chi connectivity index (χ3v) is 5.07. The van der Waals surface area contributed by atoms with Crippen molar-refractivity contribution in [2.75, 3.05) is 20.3 Å². The third-order valence-electron chi connectivity index (χ3n) is 3.95. The molecule has 1 heterocycles. The van der Waals surface area contributed by atoms with Crippen molar-refractivity contribution in [3.8, 4) is 11.5 Å². The molecule has 0 radical (unpaired) electrons. The van der Waals surface area contributed by atoms with Gasteiger partial charge in [0.25, 0.3) is 5.91 Å². The number of thiophene rings is 1. The maximum absolute atomic E-state index is 12.0. The van der Waals surface area contributed by atoms with Crippen LogP contribution in [0.3, 0.4) is 0 Å². The highest BCUT2D eigenvalue weighted by Gasteiger charge is 2.45. The molecule has 0 unspecified atom stereocenters. The number of hydrogen-bond acceptors (Lipinski definition) is 4. The molecule has 4 nitrogen and oxygen atoms in total. The van der Waals surface area contributed by atoms with E-state index in [1.54, 1.807) is 24.5 Å². The van der Waals surface area contributed by atoms with Gasteiger partial charge in [0.05, 0.1) is 7.11 Å². The molecular weight excluding hydrogens is 298 g/mol. The molecule has 0 spiro atoms. The molecule has 0 bridgehead atoms. The SMILES string of the molecule is COc1ccccc1OCC(=O)NCC1(c2cccs2)CC1. The molecule has 5 heteroatoms. The minimum absolute atomic E-state index is 0.000887. The minimum atomic E-state index is -0.103. The standard InChI is InChI=1S/C17H19NO3S/c1-20-13-5-2-3-6-14(13)21-11-16(19)18-12-17(8-9-17)15-7-4-10-22-15/h2-7,10H,8-9,11-12H2,1H3,(H,18,19). The van der Waals surface area contributed by atoms with E-state index in [0.717, 1.165) is 12.8 Å². The molecule has 0 saturated heterocycles. The highest BCUT2D eigenvalue weighted by molar-refractivity contribution is 7.10. The van der Waals surface area contributed by atoms with Crippen molar-refractivity contribution in [3.05, 3.63) is 46.7 Å². The van der Waals surface area contributed by atoms with Gasteiger partial charge in [0.15, 0.2) is 18.1 Å². The lowest BCUT2D eigenvalue weighted by molar-refractivity contribution is -0.123. The van der Waals surface area contributed by atoms with Crippen LogP contribution in [-0.4, -0.2) is 26.2 Å². The summed E-state index contributed by atoms with van der Waals surface area (Å²) >= 11 is 1.76. The van der Waals surface area contributed by atoms with E-state index in [1.807, 2.05) is 18.2 Å². The summed E-state index contributed by atoms with van der Waals surface area (Å²) in [4.78, 5) is 13.3. The number of hydrogen-bond donors (Lipinski definition) is 1. The molecule has 1 fully saturated rings. The zero-order chi connectivity index (χ0) is 15.4. The topological polar surface area (TPSA) is 47.6 Å². The van der Waals surface area contributed by atoms with Gasteiger partial charge in [-0.15, -0.1) is 11.3 Å². The zero-order valence-electron chi connectivity index (χ0n) is 12.5. The molecule has 3 rings (SSSR count). The van der Waals surface area contributed by atoms with E-state index in [0.29, 0.717) is 18.0 Å². The van der Waals surface area contributed by atoms with Crippen molar-refractivity contribution in [1.29, 1.82) is 0 Å². The van der Waals surface area contributed by atoms with Gasteiger partial charge in [0.2, 0.25) is 0 Å². The molecule has 1 aliphatic rings. The van der Waals surface area contributed by atoms with Gasteiger partial charge in [-0.2, -0.15) is 0 Å². The maximum Gasteiger partial charge on any atom is 0.257 e. The van der Waals surface area contributed by atoms with Crippen LogP contribution in [0.2, 0.25) is 0 Å². The number of benzene rings is 1. The predicted octanol–water partition coefficient (Wildman–Crippen LogP) is 2.98. The molecule has 0 atom stereocenters. The first kappa shape index (κ1) is 14.9. The average Bonchev–Trinajstić information content (AvgIpc) is 3.14. The fourth-order valence-corrected chi connectivity index (χ4v) is 3.43. The van der Waals surface area contributed by atoms with E-state index < -0.39 is 0 Å². The van der Waals surface area contributed by atoms with Gasteiger partial charge in [0, 0.05) is 16.8 Å². The number of carbonyl (C=O) groups is 1. The van der Waals surface area contributed by atoms with Crippen LogP contribution in [-0.2, 0) is 10.2 Å². The van der Waals surface area contributed by atoms with Crippen molar-refractivity contribution in [3.63, 3.8) is 0 Å². The molecule has 0 aliphatic heterocycles. The van der Waals surface area contributed by atoms with E-state index in [2.05, 4.69) is 22.8 Å². The van der Waals surface area contributed by atoms with Crippen LogP contribution >= 0.6 is 11.3 Å². The van der Waals surface area contributed by atoms with Crippen LogP contribution in [0.5, 0.6) is 11.5 Å². The van der Waals surface area contributed by atoms with E-state index in [1.165, 1.54) is 4.88 Å². The predicted molar refractivity (Wildman–Crippen MR) is 86.7 cm³/mol. The second-order valence-corrected chi connectivity index (χ2v) is 6.42. The van der Waals surface area contributed by atoms with Crippen molar-refractivity contribution < 1.29 is 14.3 Å². The number of amides is 1. The largest absolute Gasteiger partial charge is 0.493 e. The third kappa shape index (κ3) is 3.25. The Labute approximate surface area is 134 Å². The number of ether oxygens (including phenoxy) is 2. The van der Waals surface area contributed by atoms with E-state index in [4.69, 9.17) is 9.47 Å². The molecule has 1 saturated carbocycles. The van der Waals surface area contributed by atoms with Crippen molar-refractivity contribution in [2.45, 2.75) is 18.3 Å². The Kier molecular flexibility index (Phi) is 4.34. The van der Waals surface area contributed by atoms with Gasteiger partial charge in [0.1, 0.15) is 0 Å². The normalized spacial score (nSPS) is 15.1. The smallest absolute Gasteiger partial charge is 0.257 e. The first-order valence-corrected chi connectivity index (χ1v) is 8.18. The number of para-hydroxylation sites is 2. The monoisotopic (exact) mass is 317 g/mol. The lowest BCUT2D eigenvalue weighted by Gasteiger charge is -2.15. The Morgan fingerprint density at radius 2 is 2.00 bits per heavy atom. The summed E-state index contributed by atoms with van der Waals surface area (Å²) in [5.74, 6) is 1.11. The molecule has 116 valence electrons. The van der Waals surface area contributed by atoms with Crippen LogP contribution in [0.1, 0.15) is 17.7 Å². The Morgan fingerprint density at radius 3 is 2.64 bits per heavy atom. The number of nitrogens with one attached hydrogen (secondary N) is 1. The van der Waals surface area contributed by atoms with Crippen LogP contribution in [0.4, 0.5) is 0 Å². The van der Waals surface area contributed by atoms with Crippen LogP contribution in [0.15, 0.2) is 41.8 Å². The lowest BCUT2D eigenvalue weighted by Crippen LogP contribution is -2.35. The first-order valence-electron chi connectivity index (χ1n) is 7.30. The van der Waals surface area contributed by atoms with Crippen LogP contribution in [0, 0.1) is 0 Å². The van der Waals surface area contributed by atoms with Gasteiger partial charge in [-0.25, -0.2) is 0 Å². The van der Waals surface area contributed by atoms with Crippen molar-refractivity contribution in [1.82, 2.24) is 5.32 Å². The quantitative estimate of drug-likeness (QED) is 0.854. The minimum Gasteiger partial charge on any atom is -0.493 e. The molecular formula is C17H19NO3S. The average molecular weight is 317 g/mol. The van der Waals surface area contributed by atoms with Crippen LogP contribution < -0.4 is 14.8 Å². The Hall–Kier alpha value is -2.01. The van der Waals surface area contributed by atoms with Gasteiger partial charge in [-0.05, 0) is 36.4 Å². The lowest BCUT2D eigenvalue weighted by atomic mass is 10.1. The summed E-state index contributed by atoms with van der Waals surface area (Å²) in [5.41, 5.74) is 0.161. The molecule has 22 heavy (non-hydrogen) atoms. The van der Waals surface area contributed by atoms with E-state index >= 15 is 0 Å². The van der Waals surface area contributed by atoms with Crippen LogP contribution in [0.25, 0.3) is 0 Å². The van der Waals surface area contributed by atoms with E-state index in [9.17, 15) is 4.79 Å². The molecule has 1 amide bonds. The highest BCUT2D eigenvalue weighted by Crippen LogP contribution is 2.49. The van der Waals surface area contributed by atoms with Gasteiger partial charge >= 0.3 is 0 Å². The molecule has 1 aromatic heterocycles. The molecule has 1 aliphatic carbocycles. The molecule has 2 aromatic rings. The second kappa shape index (κ2) is 6.40. The van der Waals surface area contributed by atoms with Crippen molar-refractivity contribution >= 4 is 17.2 Å². The number of rotatable bonds is 7. The summed E-state index contributed by atoms with van der Waals surface area (Å²) in [6.07, 6.45) is 2.28. The number of methoxy groups -OCH3 is 1. The second-order valence-electron chi connectivity index (χ2n) is 5.47. The summed E-state index contributed by atoms with van der Waals surface area (Å²) in [6.45, 7) is 0.683.